The number of pyridine rings is 1. The van der Waals surface area contributed by atoms with Crippen molar-refractivity contribution >= 4 is 63.8 Å². The van der Waals surface area contributed by atoms with Crippen molar-refractivity contribution in [2.24, 2.45) is 10.7 Å². The highest BCUT2D eigenvalue weighted by atomic mass is 16.5. The molecule has 0 bridgehead atoms. The molecule has 15 nitrogen and oxygen atoms in total. The van der Waals surface area contributed by atoms with Crippen molar-refractivity contribution in [1.82, 2.24) is 24.1 Å². The summed E-state index contributed by atoms with van der Waals surface area (Å²) in [7, 11) is 3.26. The number of nitrogens with zero attached hydrogens (tertiary/aromatic N) is 6. The number of anilines is 3. The van der Waals surface area contributed by atoms with Crippen LogP contribution in [0.5, 0.6) is 11.5 Å². The first-order valence-electron chi connectivity index (χ1n) is 16.2. The number of amides is 1. The lowest BCUT2D eigenvalue weighted by Crippen LogP contribution is -2.24. The summed E-state index contributed by atoms with van der Waals surface area (Å²) in [5, 5.41) is 5.98. The zero-order valence-electron chi connectivity index (χ0n) is 28.8. The maximum Gasteiger partial charge on any atom is 0.276 e. The highest BCUT2D eigenvalue weighted by molar-refractivity contribution is 6.47. The third kappa shape index (κ3) is 8.21. The Kier molecular flexibility index (Phi) is 11.4. The van der Waals surface area contributed by atoms with Gasteiger partial charge in [0.05, 0.1) is 36.6 Å². The first-order valence-corrected chi connectivity index (χ1v) is 16.2. The van der Waals surface area contributed by atoms with E-state index in [0.717, 1.165) is 12.0 Å². The van der Waals surface area contributed by atoms with E-state index in [1.165, 1.54) is 13.2 Å². The fraction of sp³-hybridized carbons (Fsp3) is 0.250. The summed E-state index contributed by atoms with van der Waals surface area (Å²) in [5.41, 5.74) is 16.7. The molecule has 0 fully saturated rings. The molecule has 3 heterocycles. The average Bonchev–Trinajstić information content (AvgIpc) is 3.66. The Labute approximate surface area is 294 Å². The van der Waals surface area contributed by atoms with E-state index in [2.05, 4.69) is 25.6 Å². The summed E-state index contributed by atoms with van der Waals surface area (Å²) in [6.07, 6.45) is 8.94. The van der Waals surface area contributed by atoms with E-state index in [9.17, 15) is 14.4 Å². The average molecular weight is 693 g/mol. The van der Waals surface area contributed by atoms with Crippen molar-refractivity contribution < 1.29 is 23.9 Å². The number of hydrogen-bond donors (Lipinski definition) is 4. The lowest BCUT2D eigenvalue weighted by molar-refractivity contribution is -0.110. The van der Waals surface area contributed by atoms with Crippen LogP contribution < -0.4 is 31.6 Å². The molecule has 6 N–H and O–H groups in total. The fourth-order valence-corrected chi connectivity index (χ4v) is 5.49. The van der Waals surface area contributed by atoms with Crippen LogP contribution in [0.25, 0.3) is 22.1 Å². The number of carbonyl (C=O) groups is 3. The standard InChI is InChI=1S/C36H40N10O5/c1-5-40-29(14-22(2)37)34(49)44-36-43-27-15-23(20-47)17-30(50-4)32(27)46(36)12-7-6-11-45-33-28(42-35(45)39-3)16-24(21-48)18-31(33)51-13-10-26-9-8-25(38)19-41-26/h6-9,14-21H,5,10-13,37-38H2,1-4H3,(H,39,42)(H,43,44,49)/b7-6+,22-14-,40-29?. The number of aliphatic imine (C=N–C) groups is 1. The number of ether oxygens (including phenoxy) is 2. The van der Waals surface area contributed by atoms with Crippen molar-refractivity contribution in [3.8, 4) is 11.5 Å². The Balaban J connectivity index is 1.47. The Hall–Kier alpha value is -6.51. The number of benzene rings is 2. The Bertz CT molecular complexity index is 2160. The van der Waals surface area contributed by atoms with Gasteiger partial charge in [-0.1, -0.05) is 12.2 Å². The van der Waals surface area contributed by atoms with Gasteiger partial charge in [0.1, 0.15) is 40.8 Å². The highest BCUT2D eigenvalue weighted by Gasteiger charge is 2.20. The number of imidazole rings is 2. The number of nitrogens with two attached hydrogens (primary N) is 2. The number of aromatic nitrogens is 5. The number of nitrogen functional groups attached to an aromatic ring is 1. The van der Waals surface area contributed by atoms with Crippen LogP contribution in [0.3, 0.4) is 0 Å². The first kappa shape index (κ1) is 35.8. The van der Waals surface area contributed by atoms with E-state index < -0.39 is 5.91 Å². The van der Waals surface area contributed by atoms with Gasteiger partial charge in [0.2, 0.25) is 11.9 Å². The van der Waals surface area contributed by atoms with E-state index in [-0.39, 0.29) is 18.2 Å². The summed E-state index contributed by atoms with van der Waals surface area (Å²) in [5.74, 6) is 1.22. The predicted octanol–water partition coefficient (Wildman–Crippen LogP) is 4.18. The van der Waals surface area contributed by atoms with Crippen molar-refractivity contribution in [2.75, 3.05) is 43.7 Å². The minimum absolute atomic E-state index is 0.152. The number of nitrogens with one attached hydrogen (secondary N) is 2. The molecular weight excluding hydrogens is 652 g/mol. The zero-order valence-corrected chi connectivity index (χ0v) is 28.8. The van der Waals surface area contributed by atoms with Crippen LogP contribution in [-0.2, 0) is 24.3 Å². The monoisotopic (exact) mass is 692 g/mol. The van der Waals surface area contributed by atoms with E-state index in [4.69, 9.17) is 25.9 Å². The largest absolute Gasteiger partial charge is 0.494 e. The van der Waals surface area contributed by atoms with Crippen LogP contribution in [0.15, 0.2) is 71.5 Å². The highest BCUT2D eigenvalue weighted by Crippen LogP contribution is 2.32. The topological polar surface area (TPSA) is 207 Å². The van der Waals surface area contributed by atoms with E-state index >= 15 is 0 Å². The van der Waals surface area contributed by atoms with Gasteiger partial charge >= 0.3 is 0 Å². The number of hydrogen-bond acceptors (Lipinski definition) is 12. The van der Waals surface area contributed by atoms with Crippen molar-refractivity contribution in [1.29, 1.82) is 0 Å². The molecule has 264 valence electrons. The predicted molar refractivity (Wildman–Crippen MR) is 198 cm³/mol. The third-order valence-electron chi connectivity index (χ3n) is 7.73. The van der Waals surface area contributed by atoms with Gasteiger partial charge < -0.3 is 35.4 Å². The number of fused-ring (bicyclic) bond motifs is 2. The maximum atomic E-state index is 13.3. The van der Waals surface area contributed by atoms with Gasteiger partial charge in [-0.2, -0.15) is 0 Å². The van der Waals surface area contributed by atoms with Crippen molar-refractivity contribution in [3.63, 3.8) is 0 Å². The van der Waals surface area contributed by atoms with Gasteiger partial charge in [-0.3, -0.25) is 29.7 Å². The molecule has 0 aliphatic heterocycles. The Morgan fingerprint density at radius 1 is 0.961 bits per heavy atom. The Morgan fingerprint density at radius 2 is 1.59 bits per heavy atom. The van der Waals surface area contributed by atoms with Crippen LogP contribution in [-0.4, -0.2) is 75.6 Å². The minimum Gasteiger partial charge on any atom is -0.494 e. The maximum absolute atomic E-state index is 13.3. The van der Waals surface area contributed by atoms with E-state index in [0.29, 0.717) is 94.4 Å². The van der Waals surface area contributed by atoms with Crippen LogP contribution in [0.2, 0.25) is 0 Å². The lowest BCUT2D eigenvalue weighted by Gasteiger charge is -2.12. The smallest absolute Gasteiger partial charge is 0.276 e. The fourth-order valence-electron chi connectivity index (χ4n) is 5.49. The summed E-state index contributed by atoms with van der Waals surface area (Å²) in [4.78, 5) is 54.7. The minimum atomic E-state index is -0.491. The van der Waals surface area contributed by atoms with Gasteiger partial charge in [0.15, 0.2) is 0 Å². The molecule has 0 radical (unpaired) electrons. The quantitative estimate of drug-likeness (QED) is 0.0655. The SMILES string of the molecule is CCN=C(/C=C(/C)N)C(=O)Nc1nc2cc(C=O)cc(OC)c2n1C/C=C/Cn1c(NC)nc2cc(C=O)cc(OCCc3ccc(N)cn3)c21. The molecule has 0 aliphatic carbocycles. The molecule has 3 aromatic heterocycles. The number of rotatable bonds is 16. The number of aldehydes is 2. The molecule has 0 saturated heterocycles. The molecular formula is C36H40N10O5. The summed E-state index contributed by atoms with van der Waals surface area (Å²) >= 11 is 0. The second-order valence-electron chi connectivity index (χ2n) is 11.4. The molecule has 0 aliphatic rings. The second kappa shape index (κ2) is 16.3. The molecule has 5 rings (SSSR count). The molecule has 2 aromatic carbocycles. The molecule has 15 heteroatoms. The Morgan fingerprint density at radius 3 is 2.16 bits per heavy atom. The van der Waals surface area contributed by atoms with Gasteiger partial charge in [0, 0.05) is 55.6 Å². The van der Waals surface area contributed by atoms with E-state index in [1.54, 1.807) is 55.1 Å². The molecule has 0 spiro atoms. The van der Waals surface area contributed by atoms with E-state index in [1.807, 2.05) is 29.7 Å². The molecule has 0 unspecified atom stereocenters. The van der Waals surface area contributed by atoms with Crippen LogP contribution in [0.1, 0.15) is 40.3 Å². The van der Waals surface area contributed by atoms with Crippen molar-refractivity contribution in [2.45, 2.75) is 33.4 Å². The summed E-state index contributed by atoms with van der Waals surface area (Å²) in [6, 6.07) is 10.3. The molecule has 51 heavy (non-hydrogen) atoms. The van der Waals surface area contributed by atoms with Crippen LogP contribution >= 0.6 is 0 Å². The first-order chi connectivity index (χ1) is 24.7. The van der Waals surface area contributed by atoms with Crippen molar-refractivity contribution in [3.05, 3.63) is 83.3 Å². The second-order valence-corrected chi connectivity index (χ2v) is 11.4. The summed E-state index contributed by atoms with van der Waals surface area (Å²) in [6.45, 7) is 4.81. The number of methoxy groups -OCH3 is 1. The molecule has 1 amide bonds. The third-order valence-corrected chi connectivity index (χ3v) is 7.73. The van der Waals surface area contributed by atoms with Crippen LogP contribution in [0, 0.1) is 0 Å². The number of carbonyl (C=O) groups excluding carboxylic acids is 3. The molecule has 5 aromatic rings. The van der Waals surface area contributed by atoms with Gasteiger partial charge in [-0.25, -0.2) is 9.97 Å². The molecule has 0 saturated carbocycles. The normalized spacial score (nSPS) is 12.1. The lowest BCUT2D eigenvalue weighted by atomic mass is 10.2. The van der Waals surface area contributed by atoms with Crippen LogP contribution in [0.4, 0.5) is 17.6 Å². The number of allylic oxidation sites excluding steroid dienone is 3. The van der Waals surface area contributed by atoms with Gasteiger partial charge in [0.25, 0.3) is 5.91 Å². The van der Waals surface area contributed by atoms with Gasteiger partial charge in [-0.05, 0) is 56.3 Å². The summed E-state index contributed by atoms with van der Waals surface area (Å²) < 4.78 is 15.6. The van der Waals surface area contributed by atoms with Gasteiger partial charge in [-0.15, -0.1) is 0 Å². The molecule has 0 atom stereocenters. The zero-order chi connectivity index (χ0) is 36.5.